The monoisotopic (exact) mass is 394 g/mol. The summed E-state index contributed by atoms with van der Waals surface area (Å²) in [4.78, 5) is 12.3. The van der Waals surface area contributed by atoms with Crippen molar-refractivity contribution in [3.63, 3.8) is 0 Å². The molecular weight excluding hydrogens is 371 g/mol. The standard InChI is InChI=1S/C19H23FN2O4S/c1-14(2)22(3)27(24,25)18-9-7-15(8-10-18)19(23)21-11-12-26-17-6-4-5-16(20)13-17/h4-10,13-14H,11-12H2,1-3H3,(H,21,23). The molecule has 1 N–H and O–H groups in total. The first-order chi connectivity index (χ1) is 12.7. The van der Waals surface area contributed by atoms with Gasteiger partial charge in [-0.15, -0.1) is 0 Å². The highest BCUT2D eigenvalue weighted by molar-refractivity contribution is 7.89. The number of rotatable bonds is 8. The second kappa shape index (κ2) is 8.96. The lowest BCUT2D eigenvalue weighted by Crippen LogP contribution is -2.33. The first-order valence-electron chi connectivity index (χ1n) is 8.46. The summed E-state index contributed by atoms with van der Waals surface area (Å²) >= 11 is 0. The van der Waals surface area contributed by atoms with Crippen molar-refractivity contribution in [3.8, 4) is 5.75 Å². The van der Waals surface area contributed by atoms with Gasteiger partial charge in [-0.3, -0.25) is 4.79 Å². The maximum Gasteiger partial charge on any atom is 0.251 e. The summed E-state index contributed by atoms with van der Waals surface area (Å²) in [6.45, 7) is 3.98. The van der Waals surface area contributed by atoms with E-state index in [9.17, 15) is 17.6 Å². The Morgan fingerprint density at radius 3 is 2.44 bits per heavy atom. The van der Waals surface area contributed by atoms with E-state index in [4.69, 9.17) is 4.74 Å². The van der Waals surface area contributed by atoms with E-state index in [1.165, 1.54) is 53.8 Å². The van der Waals surface area contributed by atoms with Crippen LogP contribution in [0.3, 0.4) is 0 Å². The molecule has 2 rings (SSSR count). The molecule has 0 aliphatic carbocycles. The number of sulfonamides is 1. The maximum absolute atomic E-state index is 13.0. The van der Waals surface area contributed by atoms with Gasteiger partial charge < -0.3 is 10.1 Å². The van der Waals surface area contributed by atoms with Crippen LogP contribution in [0.1, 0.15) is 24.2 Å². The molecule has 0 aliphatic heterocycles. The zero-order valence-corrected chi connectivity index (χ0v) is 16.3. The van der Waals surface area contributed by atoms with Gasteiger partial charge in [-0.25, -0.2) is 12.8 Å². The van der Waals surface area contributed by atoms with Gasteiger partial charge in [-0.05, 0) is 50.2 Å². The summed E-state index contributed by atoms with van der Waals surface area (Å²) in [6, 6.07) is 11.3. The summed E-state index contributed by atoms with van der Waals surface area (Å²) in [7, 11) is -2.07. The quantitative estimate of drug-likeness (QED) is 0.699. The molecule has 8 heteroatoms. The molecule has 0 aliphatic rings. The molecule has 0 aromatic heterocycles. The van der Waals surface area contributed by atoms with Gasteiger partial charge >= 0.3 is 0 Å². The van der Waals surface area contributed by atoms with Crippen LogP contribution in [0.5, 0.6) is 5.75 Å². The van der Waals surface area contributed by atoms with Crippen LogP contribution in [0.25, 0.3) is 0 Å². The molecule has 0 heterocycles. The zero-order chi connectivity index (χ0) is 20.0. The number of carbonyl (C=O) groups is 1. The number of nitrogens with one attached hydrogen (secondary N) is 1. The predicted molar refractivity (Wildman–Crippen MR) is 101 cm³/mol. The van der Waals surface area contributed by atoms with E-state index in [1.54, 1.807) is 19.9 Å². The van der Waals surface area contributed by atoms with E-state index in [0.717, 1.165) is 0 Å². The van der Waals surface area contributed by atoms with E-state index < -0.39 is 15.8 Å². The van der Waals surface area contributed by atoms with Crippen LogP contribution < -0.4 is 10.1 Å². The molecule has 0 radical (unpaired) electrons. The Hall–Kier alpha value is -2.45. The van der Waals surface area contributed by atoms with E-state index in [0.29, 0.717) is 11.3 Å². The SMILES string of the molecule is CC(C)N(C)S(=O)(=O)c1ccc(C(=O)NCCOc2cccc(F)c2)cc1. The van der Waals surface area contributed by atoms with E-state index in [-0.39, 0.29) is 30.0 Å². The maximum atomic E-state index is 13.0. The largest absolute Gasteiger partial charge is 0.492 e. The van der Waals surface area contributed by atoms with Gasteiger partial charge in [-0.2, -0.15) is 4.31 Å². The molecule has 0 bridgehead atoms. The topological polar surface area (TPSA) is 75.7 Å². The lowest BCUT2D eigenvalue weighted by Gasteiger charge is -2.21. The van der Waals surface area contributed by atoms with E-state index in [1.807, 2.05) is 0 Å². The van der Waals surface area contributed by atoms with Gasteiger partial charge in [0.15, 0.2) is 0 Å². The van der Waals surface area contributed by atoms with Gasteiger partial charge in [0.1, 0.15) is 18.2 Å². The van der Waals surface area contributed by atoms with Crippen LogP contribution in [0.4, 0.5) is 4.39 Å². The van der Waals surface area contributed by atoms with Crippen LogP contribution >= 0.6 is 0 Å². The molecule has 0 fully saturated rings. The summed E-state index contributed by atoms with van der Waals surface area (Å²) in [5.41, 5.74) is 0.340. The lowest BCUT2D eigenvalue weighted by atomic mass is 10.2. The summed E-state index contributed by atoms with van der Waals surface area (Å²) in [6.07, 6.45) is 0. The fourth-order valence-electron chi connectivity index (χ4n) is 2.21. The third-order valence-electron chi connectivity index (χ3n) is 3.97. The highest BCUT2D eigenvalue weighted by Gasteiger charge is 2.23. The normalized spacial score (nSPS) is 11.6. The molecule has 6 nitrogen and oxygen atoms in total. The minimum atomic E-state index is -3.58. The number of hydrogen-bond acceptors (Lipinski definition) is 4. The lowest BCUT2D eigenvalue weighted by molar-refractivity contribution is 0.0947. The molecule has 0 unspecified atom stereocenters. The molecule has 0 saturated heterocycles. The fraction of sp³-hybridized carbons (Fsp3) is 0.316. The van der Waals surface area contributed by atoms with E-state index >= 15 is 0 Å². The van der Waals surface area contributed by atoms with Crippen LogP contribution in [0, 0.1) is 5.82 Å². The van der Waals surface area contributed by atoms with Crippen LogP contribution in [0.15, 0.2) is 53.4 Å². The minimum Gasteiger partial charge on any atom is -0.492 e. The first kappa shape index (κ1) is 20.9. The van der Waals surface area contributed by atoms with Gasteiger partial charge in [0, 0.05) is 24.7 Å². The summed E-state index contributed by atoms with van der Waals surface area (Å²) in [5.74, 6) is -0.359. The average molecular weight is 394 g/mol. The third kappa shape index (κ3) is 5.51. The molecule has 2 aromatic carbocycles. The second-order valence-corrected chi connectivity index (χ2v) is 8.20. The molecular formula is C19H23FN2O4S. The van der Waals surface area contributed by atoms with Crippen molar-refractivity contribution in [1.82, 2.24) is 9.62 Å². The molecule has 146 valence electrons. The third-order valence-corrected chi connectivity index (χ3v) is 6.02. The van der Waals surface area contributed by atoms with Gasteiger partial charge in [-0.1, -0.05) is 6.07 Å². The zero-order valence-electron chi connectivity index (χ0n) is 15.5. The fourth-order valence-corrected chi connectivity index (χ4v) is 3.58. The Morgan fingerprint density at radius 1 is 1.19 bits per heavy atom. The minimum absolute atomic E-state index is 0.129. The number of ether oxygens (including phenoxy) is 1. The summed E-state index contributed by atoms with van der Waals surface area (Å²) in [5, 5.41) is 2.67. The Labute approximate surface area is 159 Å². The van der Waals surface area contributed by atoms with Crippen molar-refractivity contribution < 1.29 is 22.3 Å². The van der Waals surface area contributed by atoms with E-state index in [2.05, 4.69) is 5.32 Å². The van der Waals surface area contributed by atoms with Crippen LogP contribution in [-0.2, 0) is 10.0 Å². The highest BCUT2D eigenvalue weighted by Crippen LogP contribution is 2.17. The number of halogens is 1. The van der Waals surface area contributed by atoms with Crippen molar-refractivity contribution in [2.75, 3.05) is 20.2 Å². The van der Waals surface area contributed by atoms with Crippen molar-refractivity contribution >= 4 is 15.9 Å². The Bertz CT molecular complexity index is 883. The molecule has 0 spiro atoms. The molecule has 0 saturated carbocycles. The van der Waals surface area contributed by atoms with Crippen LogP contribution in [-0.4, -0.2) is 44.9 Å². The molecule has 27 heavy (non-hydrogen) atoms. The number of amides is 1. The van der Waals surface area contributed by atoms with Crippen LogP contribution in [0.2, 0.25) is 0 Å². The van der Waals surface area contributed by atoms with Gasteiger partial charge in [0.05, 0.1) is 11.4 Å². The average Bonchev–Trinajstić information content (AvgIpc) is 2.64. The molecule has 2 aromatic rings. The van der Waals surface area contributed by atoms with Crippen molar-refractivity contribution in [3.05, 3.63) is 59.9 Å². The number of hydrogen-bond donors (Lipinski definition) is 1. The Kier molecular flexibility index (Phi) is 6.92. The summed E-state index contributed by atoms with van der Waals surface area (Å²) < 4.78 is 44.5. The highest BCUT2D eigenvalue weighted by atomic mass is 32.2. The number of carbonyl (C=O) groups excluding carboxylic acids is 1. The molecule has 0 atom stereocenters. The van der Waals surface area contributed by atoms with Crippen molar-refractivity contribution in [2.24, 2.45) is 0 Å². The predicted octanol–water partition coefficient (Wildman–Crippen LogP) is 2.66. The smallest absolute Gasteiger partial charge is 0.251 e. The number of benzene rings is 2. The Morgan fingerprint density at radius 2 is 1.85 bits per heavy atom. The molecule has 1 amide bonds. The number of nitrogens with zero attached hydrogens (tertiary/aromatic N) is 1. The Balaban J connectivity index is 1.90. The van der Waals surface area contributed by atoms with Gasteiger partial charge in [0.2, 0.25) is 10.0 Å². The van der Waals surface area contributed by atoms with Crippen molar-refractivity contribution in [1.29, 1.82) is 0 Å². The second-order valence-electron chi connectivity index (χ2n) is 6.20. The first-order valence-corrected chi connectivity index (χ1v) is 9.90. The van der Waals surface area contributed by atoms with Gasteiger partial charge in [0.25, 0.3) is 5.91 Å². The van der Waals surface area contributed by atoms with Crippen molar-refractivity contribution in [2.45, 2.75) is 24.8 Å².